The van der Waals surface area contributed by atoms with Gasteiger partial charge in [-0.2, -0.15) is 0 Å². The third-order valence-electron chi connectivity index (χ3n) is 3.49. The Hall–Kier alpha value is -1.29. The maximum absolute atomic E-state index is 12.3. The van der Waals surface area contributed by atoms with Gasteiger partial charge in [0.2, 0.25) is 5.91 Å². The van der Waals surface area contributed by atoms with E-state index in [0.29, 0.717) is 17.3 Å². The predicted octanol–water partition coefficient (Wildman–Crippen LogP) is 2.33. The Kier molecular flexibility index (Phi) is 4.54. The Bertz CT molecular complexity index is 838. The third kappa shape index (κ3) is 3.47. The second kappa shape index (κ2) is 6.31. The lowest BCUT2D eigenvalue weighted by molar-refractivity contribution is -0.122. The average molecular weight is 372 g/mol. The van der Waals surface area contributed by atoms with Crippen LogP contribution < -0.4 is 4.72 Å². The van der Waals surface area contributed by atoms with Crippen molar-refractivity contribution in [3.63, 3.8) is 0 Å². The van der Waals surface area contributed by atoms with Crippen LogP contribution in [0.2, 0.25) is 0 Å². The molecule has 0 unspecified atom stereocenters. The quantitative estimate of drug-likeness (QED) is 0.890. The summed E-state index contributed by atoms with van der Waals surface area (Å²) < 4.78 is 32.5. The molecule has 0 saturated carbocycles. The van der Waals surface area contributed by atoms with E-state index in [1.54, 1.807) is 13.8 Å². The molecular formula is C14H16N2O4S3. The van der Waals surface area contributed by atoms with E-state index in [2.05, 4.69) is 9.71 Å². The zero-order chi connectivity index (χ0) is 16.6. The van der Waals surface area contributed by atoms with Crippen molar-refractivity contribution in [2.75, 3.05) is 6.61 Å². The van der Waals surface area contributed by atoms with Crippen LogP contribution in [0.5, 0.6) is 0 Å². The fourth-order valence-electron chi connectivity index (χ4n) is 2.54. The zero-order valence-electron chi connectivity index (χ0n) is 12.7. The fraction of sp³-hybridized carbons (Fsp3) is 0.429. The van der Waals surface area contributed by atoms with Crippen molar-refractivity contribution in [2.45, 2.75) is 37.0 Å². The van der Waals surface area contributed by atoms with Gasteiger partial charge in [-0.1, -0.05) is 0 Å². The van der Waals surface area contributed by atoms with Gasteiger partial charge >= 0.3 is 0 Å². The molecule has 0 spiro atoms. The van der Waals surface area contributed by atoms with Gasteiger partial charge in [0.15, 0.2) is 4.21 Å². The molecule has 9 heteroatoms. The maximum atomic E-state index is 12.3. The van der Waals surface area contributed by atoms with E-state index in [-0.39, 0.29) is 16.7 Å². The van der Waals surface area contributed by atoms with Gasteiger partial charge < -0.3 is 4.74 Å². The van der Waals surface area contributed by atoms with Gasteiger partial charge in [-0.05, 0) is 37.3 Å². The Morgan fingerprint density at radius 2 is 2.26 bits per heavy atom. The minimum absolute atomic E-state index is 0.0103. The average Bonchev–Trinajstić information content (AvgIpc) is 3.05. The summed E-state index contributed by atoms with van der Waals surface area (Å²) in [6.45, 7) is 3.89. The molecule has 0 aliphatic carbocycles. The van der Waals surface area contributed by atoms with E-state index in [0.717, 1.165) is 22.6 Å². The van der Waals surface area contributed by atoms with E-state index < -0.39 is 15.9 Å². The van der Waals surface area contributed by atoms with Crippen LogP contribution in [0.15, 0.2) is 15.7 Å². The number of hydrogen-bond donors (Lipinski definition) is 1. The number of thiophene rings is 1. The van der Waals surface area contributed by atoms with Crippen LogP contribution in [0.4, 0.5) is 0 Å². The molecule has 0 aromatic carbocycles. The number of aromatic nitrogens is 1. The summed E-state index contributed by atoms with van der Waals surface area (Å²) in [6, 6.07) is 2.02. The molecule has 2 aromatic heterocycles. The molecule has 124 valence electrons. The normalized spacial score (nSPS) is 17.7. The minimum Gasteiger partial charge on any atom is -0.372 e. The number of carbonyl (C=O) groups is 1. The van der Waals surface area contributed by atoms with Gasteiger partial charge in [0, 0.05) is 4.88 Å². The van der Waals surface area contributed by atoms with Crippen molar-refractivity contribution in [3.8, 4) is 0 Å². The van der Waals surface area contributed by atoms with Crippen LogP contribution in [0, 0.1) is 13.8 Å². The number of ether oxygens (including phenoxy) is 1. The van der Waals surface area contributed by atoms with Gasteiger partial charge in [-0.25, -0.2) is 18.1 Å². The number of nitrogens with one attached hydrogen (secondary N) is 1. The van der Waals surface area contributed by atoms with E-state index in [1.807, 2.05) is 11.4 Å². The first-order valence-electron chi connectivity index (χ1n) is 7.04. The van der Waals surface area contributed by atoms with Crippen molar-refractivity contribution in [3.05, 3.63) is 32.6 Å². The van der Waals surface area contributed by atoms with E-state index in [1.165, 1.54) is 16.9 Å². The van der Waals surface area contributed by atoms with Crippen LogP contribution in [0.1, 0.15) is 33.7 Å². The van der Waals surface area contributed by atoms with Gasteiger partial charge in [-0.15, -0.1) is 22.7 Å². The predicted molar refractivity (Wildman–Crippen MR) is 88.2 cm³/mol. The Morgan fingerprint density at radius 1 is 1.48 bits per heavy atom. The highest BCUT2D eigenvalue weighted by atomic mass is 32.2. The van der Waals surface area contributed by atoms with Gasteiger partial charge in [0.05, 0.1) is 23.7 Å². The van der Waals surface area contributed by atoms with Crippen molar-refractivity contribution in [1.29, 1.82) is 0 Å². The fourth-order valence-corrected chi connectivity index (χ4v) is 6.03. The van der Waals surface area contributed by atoms with Crippen molar-refractivity contribution >= 4 is 38.6 Å². The monoisotopic (exact) mass is 372 g/mol. The molecule has 0 radical (unpaired) electrons. The first-order chi connectivity index (χ1) is 10.9. The van der Waals surface area contributed by atoms with Crippen LogP contribution in [-0.4, -0.2) is 25.9 Å². The molecule has 1 aliphatic rings. The number of rotatable bonds is 4. The molecule has 1 N–H and O–H groups in total. The summed E-state index contributed by atoms with van der Waals surface area (Å²) in [5, 5.41) is 2.61. The van der Waals surface area contributed by atoms with Gasteiger partial charge in [-0.3, -0.25) is 4.79 Å². The Labute approximate surface area is 142 Å². The standard InChI is InChI=1S/C14H16N2O4S3/c1-8-14(22-9(2)15-8)23(18,19)16-12(17)7-11-13-10(3-5-20-11)4-6-21-13/h4,6,11H,3,5,7H2,1-2H3,(H,16,17)/t11-/m1/s1. The second-order valence-corrected chi connectivity index (χ2v) is 9.29. The molecule has 1 aliphatic heterocycles. The molecule has 3 heterocycles. The first kappa shape index (κ1) is 16.6. The van der Waals surface area contributed by atoms with Crippen LogP contribution in [0.25, 0.3) is 0 Å². The van der Waals surface area contributed by atoms with Gasteiger partial charge in [0.25, 0.3) is 10.0 Å². The number of sulfonamides is 1. The van der Waals surface area contributed by atoms with E-state index >= 15 is 0 Å². The molecule has 1 amide bonds. The highest BCUT2D eigenvalue weighted by Gasteiger charge is 2.28. The van der Waals surface area contributed by atoms with E-state index in [9.17, 15) is 13.2 Å². The molecular weight excluding hydrogens is 356 g/mol. The third-order valence-corrected chi connectivity index (χ3v) is 7.59. The minimum atomic E-state index is -3.88. The summed E-state index contributed by atoms with van der Waals surface area (Å²) in [6.07, 6.45) is 0.441. The zero-order valence-corrected chi connectivity index (χ0v) is 15.1. The number of carbonyl (C=O) groups excluding carboxylic acids is 1. The molecule has 0 bridgehead atoms. The summed E-state index contributed by atoms with van der Waals surface area (Å²) in [5.41, 5.74) is 1.58. The lowest BCUT2D eigenvalue weighted by Gasteiger charge is -2.22. The number of amides is 1. The molecule has 23 heavy (non-hydrogen) atoms. The lowest BCUT2D eigenvalue weighted by Crippen LogP contribution is -2.32. The SMILES string of the molecule is Cc1nc(C)c(S(=O)(=O)NC(=O)C[C@H]2OCCc3ccsc32)s1. The molecule has 0 fully saturated rings. The van der Waals surface area contributed by atoms with Gasteiger partial charge in [0.1, 0.15) is 6.10 Å². The molecule has 0 saturated heterocycles. The Balaban J connectivity index is 1.72. The number of aryl methyl sites for hydroxylation is 2. The summed E-state index contributed by atoms with van der Waals surface area (Å²) >= 11 is 2.59. The lowest BCUT2D eigenvalue weighted by atomic mass is 10.1. The Morgan fingerprint density at radius 3 is 2.96 bits per heavy atom. The molecule has 6 nitrogen and oxygen atoms in total. The number of fused-ring (bicyclic) bond motifs is 1. The van der Waals surface area contributed by atoms with Crippen molar-refractivity contribution in [1.82, 2.24) is 9.71 Å². The largest absolute Gasteiger partial charge is 0.372 e. The maximum Gasteiger partial charge on any atom is 0.275 e. The summed E-state index contributed by atoms with van der Waals surface area (Å²) in [5.74, 6) is -0.568. The van der Waals surface area contributed by atoms with Crippen LogP contribution >= 0.6 is 22.7 Å². The highest BCUT2D eigenvalue weighted by molar-refractivity contribution is 7.92. The number of nitrogens with zero attached hydrogens (tertiary/aromatic N) is 1. The second-order valence-electron chi connectivity index (χ2n) is 5.26. The molecule has 3 rings (SSSR count). The van der Waals surface area contributed by atoms with Crippen LogP contribution in [0.3, 0.4) is 0 Å². The van der Waals surface area contributed by atoms with Crippen molar-refractivity contribution < 1.29 is 17.9 Å². The molecule has 1 atom stereocenters. The highest BCUT2D eigenvalue weighted by Crippen LogP contribution is 2.34. The van der Waals surface area contributed by atoms with Crippen molar-refractivity contribution in [2.24, 2.45) is 0 Å². The number of hydrogen-bond acceptors (Lipinski definition) is 7. The topological polar surface area (TPSA) is 85.4 Å². The smallest absolute Gasteiger partial charge is 0.275 e. The van der Waals surface area contributed by atoms with Crippen LogP contribution in [-0.2, 0) is 26.0 Å². The molecule has 2 aromatic rings. The summed E-state index contributed by atoms with van der Waals surface area (Å²) in [7, 11) is -3.88. The van der Waals surface area contributed by atoms with E-state index in [4.69, 9.17) is 4.74 Å². The number of thiazole rings is 1. The first-order valence-corrected chi connectivity index (χ1v) is 10.2. The summed E-state index contributed by atoms with van der Waals surface area (Å²) in [4.78, 5) is 17.3.